The number of esters is 1. The molecule has 8 heteroatoms. The van der Waals surface area contributed by atoms with Crippen molar-refractivity contribution in [1.29, 1.82) is 0 Å². The van der Waals surface area contributed by atoms with Gasteiger partial charge in [0.15, 0.2) is 0 Å². The summed E-state index contributed by atoms with van der Waals surface area (Å²) in [6.45, 7) is 13.1. The number of hydrogen-bond acceptors (Lipinski definition) is 8. The molecule has 0 aliphatic rings. The summed E-state index contributed by atoms with van der Waals surface area (Å²) >= 11 is 0. The Balaban J connectivity index is 3.34. The zero-order chi connectivity index (χ0) is 20.3. The molecule has 0 aromatic carbocycles. The minimum atomic E-state index is -0.451. The molecule has 3 unspecified atom stereocenters. The lowest BCUT2D eigenvalue weighted by molar-refractivity contribution is -0.139. The molecule has 0 heterocycles. The van der Waals surface area contributed by atoms with Gasteiger partial charge in [0, 0.05) is 13.2 Å². The van der Waals surface area contributed by atoms with E-state index < -0.39 is 5.97 Å². The Labute approximate surface area is 163 Å². The van der Waals surface area contributed by atoms with Gasteiger partial charge in [0.05, 0.1) is 71.2 Å². The van der Waals surface area contributed by atoms with Crippen LogP contribution in [0.4, 0.5) is 0 Å². The van der Waals surface area contributed by atoms with Gasteiger partial charge in [-0.15, -0.1) is 0 Å². The topological polar surface area (TPSA) is 81.7 Å². The minimum absolute atomic E-state index is 0.00803. The zero-order valence-electron chi connectivity index (χ0n) is 17.1. The Bertz CT molecular complexity index is 364. The summed E-state index contributed by atoms with van der Waals surface area (Å²) in [5.74, 6) is -0.451. The van der Waals surface area contributed by atoms with Gasteiger partial charge in [0.25, 0.3) is 0 Å². The maximum Gasteiger partial charge on any atom is 0.330 e. The molecule has 0 saturated carbocycles. The average Bonchev–Trinajstić information content (AvgIpc) is 2.68. The number of ether oxygens (including phenoxy) is 7. The monoisotopic (exact) mass is 392 g/mol. The first kappa shape index (κ1) is 26.0. The second-order valence-corrected chi connectivity index (χ2v) is 6.01. The van der Waals surface area contributed by atoms with Crippen molar-refractivity contribution in [2.45, 2.75) is 39.1 Å². The van der Waals surface area contributed by atoms with Crippen LogP contribution >= 0.6 is 0 Å². The average molecular weight is 392 g/mol. The number of hydrogen-bond donors (Lipinski definition) is 0. The van der Waals surface area contributed by atoms with E-state index in [1.54, 1.807) is 7.11 Å². The normalized spacial score (nSPS) is 14.5. The Morgan fingerprint density at radius 3 is 1.81 bits per heavy atom. The molecular weight excluding hydrogens is 356 g/mol. The van der Waals surface area contributed by atoms with E-state index in [9.17, 15) is 4.79 Å². The summed E-state index contributed by atoms with van der Waals surface area (Å²) in [5, 5.41) is 0. The molecule has 0 amide bonds. The van der Waals surface area contributed by atoms with Crippen molar-refractivity contribution in [3.05, 3.63) is 12.7 Å². The summed E-state index contributed by atoms with van der Waals surface area (Å²) in [7, 11) is 1.66. The van der Waals surface area contributed by atoms with Crippen molar-refractivity contribution in [2.24, 2.45) is 0 Å². The number of carbonyl (C=O) groups is 1. The Morgan fingerprint density at radius 2 is 1.26 bits per heavy atom. The van der Waals surface area contributed by atoms with Gasteiger partial charge in [-0.05, 0) is 20.8 Å². The predicted octanol–water partition coefficient (Wildman–Crippen LogP) is 1.61. The van der Waals surface area contributed by atoms with Gasteiger partial charge in [0.2, 0.25) is 0 Å². The van der Waals surface area contributed by atoms with E-state index in [0.717, 1.165) is 6.08 Å². The Morgan fingerprint density at radius 1 is 0.778 bits per heavy atom. The van der Waals surface area contributed by atoms with Crippen LogP contribution in [0.15, 0.2) is 12.7 Å². The van der Waals surface area contributed by atoms with E-state index in [-0.39, 0.29) is 24.9 Å². The molecule has 8 nitrogen and oxygen atoms in total. The van der Waals surface area contributed by atoms with E-state index >= 15 is 0 Å². The fraction of sp³-hybridized carbons (Fsp3) is 0.842. The van der Waals surface area contributed by atoms with E-state index in [2.05, 4.69) is 6.58 Å². The molecule has 0 aliphatic carbocycles. The first-order chi connectivity index (χ1) is 13.0. The van der Waals surface area contributed by atoms with Crippen LogP contribution in [-0.2, 0) is 38.0 Å². The fourth-order valence-corrected chi connectivity index (χ4v) is 1.71. The summed E-state index contributed by atoms with van der Waals surface area (Å²) in [6.07, 6.45) is 1.19. The molecule has 0 radical (unpaired) electrons. The molecule has 0 aromatic rings. The van der Waals surface area contributed by atoms with Crippen LogP contribution in [0.25, 0.3) is 0 Å². The third kappa shape index (κ3) is 18.1. The maximum absolute atomic E-state index is 10.8. The Hall–Kier alpha value is -1.03. The lowest BCUT2D eigenvalue weighted by atomic mass is 10.4. The highest BCUT2D eigenvalue weighted by molar-refractivity contribution is 5.81. The molecule has 0 fully saturated rings. The maximum atomic E-state index is 10.8. The van der Waals surface area contributed by atoms with E-state index in [0.29, 0.717) is 52.9 Å². The fourth-order valence-electron chi connectivity index (χ4n) is 1.71. The second kappa shape index (κ2) is 18.3. The van der Waals surface area contributed by atoms with E-state index in [1.165, 1.54) is 0 Å². The highest BCUT2D eigenvalue weighted by Crippen LogP contribution is 2.00. The smallest absolute Gasteiger partial charge is 0.330 e. The van der Waals surface area contributed by atoms with Crippen LogP contribution in [0.5, 0.6) is 0 Å². The van der Waals surface area contributed by atoms with Crippen molar-refractivity contribution < 1.29 is 38.0 Å². The van der Waals surface area contributed by atoms with Crippen LogP contribution < -0.4 is 0 Å². The van der Waals surface area contributed by atoms with E-state index in [4.69, 9.17) is 33.2 Å². The van der Waals surface area contributed by atoms with Crippen LogP contribution in [0.3, 0.4) is 0 Å². The summed E-state index contributed by atoms with van der Waals surface area (Å²) in [5.41, 5.74) is 0. The van der Waals surface area contributed by atoms with Crippen molar-refractivity contribution >= 4 is 5.97 Å². The lowest BCUT2D eigenvalue weighted by Crippen LogP contribution is -2.26. The van der Waals surface area contributed by atoms with Crippen LogP contribution in [-0.4, -0.2) is 90.9 Å². The molecule has 160 valence electrons. The summed E-state index contributed by atoms with van der Waals surface area (Å²) in [6, 6.07) is 0. The van der Waals surface area contributed by atoms with Gasteiger partial charge in [-0.25, -0.2) is 4.79 Å². The van der Waals surface area contributed by atoms with Crippen LogP contribution in [0, 0.1) is 0 Å². The minimum Gasteiger partial charge on any atom is -0.460 e. The van der Waals surface area contributed by atoms with Crippen LogP contribution in [0.1, 0.15) is 20.8 Å². The van der Waals surface area contributed by atoms with E-state index in [1.807, 2.05) is 20.8 Å². The van der Waals surface area contributed by atoms with Gasteiger partial charge in [-0.2, -0.15) is 0 Å². The molecule has 0 N–H and O–H groups in total. The highest BCUT2D eigenvalue weighted by Gasteiger charge is 2.09. The van der Waals surface area contributed by atoms with Crippen molar-refractivity contribution in [3.63, 3.8) is 0 Å². The molecule has 0 aromatic heterocycles. The standard InChI is InChI=1S/C19H36O8/c1-6-19(20)25-12-11-23-8-7-22-9-10-24-13-17(3)27-15-18(4)26-14-16(2)21-5/h6,16-18H,1,7-15H2,2-5H3. The molecule has 27 heavy (non-hydrogen) atoms. The molecule has 3 atom stereocenters. The third-order valence-corrected chi connectivity index (χ3v) is 3.37. The third-order valence-electron chi connectivity index (χ3n) is 3.37. The number of methoxy groups -OCH3 is 1. The Kier molecular flexibility index (Phi) is 17.6. The lowest BCUT2D eigenvalue weighted by Gasteiger charge is -2.19. The van der Waals surface area contributed by atoms with Crippen LogP contribution in [0.2, 0.25) is 0 Å². The van der Waals surface area contributed by atoms with Crippen molar-refractivity contribution in [3.8, 4) is 0 Å². The zero-order valence-corrected chi connectivity index (χ0v) is 17.1. The largest absolute Gasteiger partial charge is 0.460 e. The number of rotatable bonds is 19. The summed E-state index contributed by atoms with van der Waals surface area (Å²) < 4.78 is 37.3. The first-order valence-corrected chi connectivity index (χ1v) is 9.28. The van der Waals surface area contributed by atoms with Gasteiger partial charge < -0.3 is 33.2 Å². The van der Waals surface area contributed by atoms with Crippen molar-refractivity contribution in [1.82, 2.24) is 0 Å². The molecule has 0 bridgehead atoms. The molecule has 0 saturated heterocycles. The second-order valence-electron chi connectivity index (χ2n) is 6.01. The van der Waals surface area contributed by atoms with Gasteiger partial charge in [-0.1, -0.05) is 6.58 Å². The molecule has 0 rings (SSSR count). The molecule has 0 aliphatic heterocycles. The van der Waals surface area contributed by atoms with Crippen molar-refractivity contribution in [2.75, 3.05) is 66.6 Å². The highest BCUT2D eigenvalue weighted by atomic mass is 16.6. The van der Waals surface area contributed by atoms with Gasteiger partial charge in [0.1, 0.15) is 6.61 Å². The predicted molar refractivity (Wildman–Crippen MR) is 101 cm³/mol. The van der Waals surface area contributed by atoms with Gasteiger partial charge >= 0.3 is 5.97 Å². The van der Waals surface area contributed by atoms with Gasteiger partial charge in [-0.3, -0.25) is 0 Å². The SMILES string of the molecule is C=CC(=O)OCCOCCOCCOCC(C)OCC(C)OCC(C)OC. The molecular formula is C19H36O8. The molecule has 0 spiro atoms. The number of carbonyl (C=O) groups excluding carboxylic acids is 1. The first-order valence-electron chi connectivity index (χ1n) is 9.28. The quantitative estimate of drug-likeness (QED) is 0.186. The summed E-state index contributed by atoms with van der Waals surface area (Å²) in [4.78, 5) is 10.8.